The average Bonchev–Trinajstić information content (AvgIpc) is 2.73. The molecule has 2 aromatic rings. The van der Waals surface area contributed by atoms with Gasteiger partial charge in [-0.2, -0.15) is 0 Å². The van der Waals surface area contributed by atoms with Crippen LogP contribution in [0.2, 0.25) is 5.02 Å². The molecule has 17 heavy (non-hydrogen) atoms. The number of halogens is 1. The van der Waals surface area contributed by atoms with E-state index in [4.69, 9.17) is 17.4 Å². The van der Waals surface area contributed by atoms with Crippen LogP contribution < -0.4 is 11.3 Å². The minimum Gasteiger partial charge on any atom is -0.271 e. The van der Waals surface area contributed by atoms with Gasteiger partial charge in [0, 0.05) is 16.1 Å². The molecule has 1 heterocycles. The van der Waals surface area contributed by atoms with Crippen LogP contribution in [0.25, 0.3) is 0 Å². The third kappa shape index (κ3) is 3.26. The maximum absolute atomic E-state index is 5.96. The van der Waals surface area contributed by atoms with Gasteiger partial charge in [-0.25, -0.2) is 4.98 Å². The van der Waals surface area contributed by atoms with Crippen LogP contribution in [0.4, 0.5) is 0 Å². The van der Waals surface area contributed by atoms with E-state index < -0.39 is 0 Å². The number of nitrogens with zero attached hydrogens (tertiary/aromatic N) is 1. The Kier molecular flexibility index (Phi) is 4.12. The maximum Gasteiger partial charge on any atom is 0.0897 e. The van der Waals surface area contributed by atoms with E-state index in [-0.39, 0.29) is 6.04 Å². The van der Waals surface area contributed by atoms with Gasteiger partial charge in [-0.05, 0) is 31.0 Å². The molecule has 0 fully saturated rings. The normalized spacial score (nSPS) is 12.6. The molecule has 0 aliphatic rings. The number of rotatable bonds is 4. The average molecular weight is 268 g/mol. The summed E-state index contributed by atoms with van der Waals surface area (Å²) in [5, 5.41) is 1.80. The lowest BCUT2D eigenvalue weighted by molar-refractivity contribution is 0.560. The van der Waals surface area contributed by atoms with Crippen LogP contribution in [-0.2, 0) is 6.42 Å². The Morgan fingerprint density at radius 1 is 1.53 bits per heavy atom. The predicted molar refractivity (Wildman–Crippen MR) is 72.1 cm³/mol. The molecule has 0 saturated carbocycles. The summed E-state index contributed by atoms with van der Waals surface area (Å²) in [5.74, 6) is 5.60. The fourth-order valence-electron chi connectivity index (χ4n) is 1.68. The molecule has 0 bridgehead atoms. The number of nitrogens with two attached hydrogens (primary N) is 1. The lowest BCUT2D eigenvalue weighted by Crippen LogP contribution is -2.28. The highest BCUT2D eigenvalue weighted by Gasteiger charge is 2.13. The standard InChI is InChI=1S/C12H14ClN3S/c1-8-15-7-12(17-8)11(16-14)6-9-3-2-4-10(13)5-9/h2-5,7,11,16H,6,14H2,1H3. The van der Waals surface area contributed by atoms with Gasteiger partial charge in [0.25, 0.3) is 0 Å². The highest BCUT2D eigenvalue weighted by atomic mass is 35.5. The first kappa shape index (κ1) is 12.5. The van der Waals surface area contributed by atoms with E-state index in [1.165, 1.54) is 0 Å². The Hall–Kier alpha value is -0.940. The molecular formula is C12H14ClN3S. The van der Waals surface area contributed by atoms with Gasteiger partial charge < -0.3 is 0 Å². The number of hydrogen-bond donors (Lipinski definition) is 2. The number of aromatic nitrogens is 1. The first-order valence-electron chi connectivity index (χ1n) is 5.32. The van der Waals surface area contributed by atoms with Crippen molar-refractivity contribution in [1.82, 2.24) is 10.4 Å². The summed E-state index contributed by atoms with van der Waals surface area (Å²) in [5.41, 5.74) is 3.99. The summed E-state index contributed by atoms with van der Waals surface area (Å²) in [6, 6.07) is 7.90. The van der Waals surface area contributed by atoms with Gasteiger partial charge in [0.2, 0.25) is 0 Å². The highest BCUT2D eigenvalue weighted by molar-refractivity contribution is 7.11. The van der Waals surface area contributed by atoms with Gasteiger partial charge in [-0.15, -0.1) is 11.3 Å². The second kappa shape index (κ2) is 5.60. The van der Waals surface area contributed by atoms with Gasteiger partial charge in [-0.3, -0.25) is 11.3 Å². The van der Waals surface area contributed by atoms with E-state index in [1.54, 1.807) is 11.3 Å². The van der Waals surface area contributed by atoms with Crippen molar-refractivity contribution in [1.29, 1.82) is 0 Å². The van der Waals surface area contributed by atoms with Crippen molar-refractivity contribution >= 4 is 22.9 Å². The lowest BCUT2D eigenvalue weighted by Gasteiger charge is -2.13. The molecule has 90 valence electrons. The Labute approximate surface area is 110 Å². The molecule has 0 aliphatic carbocycles. The van der Waals surface area contributed by atoms with Crippen LogP contribution in [0.1, 0.15) is 21.5 Å². The minimum atomic E-state index is 0.0830. The molecule has 0 saturated heterocycles. The van der Waals surface area contributed by atoms with Crippen LogP contribution in [0.5, 0.6) is 0 Å². The summed E-state index contributed by atoms with van der Waals surface area (Å²) >= 11 is 7.62. The van der Waals surface area contributed by atoms with E-state index in [0.717, 1.165) is 26.9 Å². The third-order valence-electron chi connectivity index (χ3n) is 2.51. The fraction of sp³-hybridized carbons (Fsp3) is 0.250. The Balaban J connectivity index is 2.15. The van der Waals surface area contributed by atoms with Gasteiger partial charge in [-0.1, -0.05) is 23.7 Å². The second-order valence-corrected chi connectivity index (χ2v) is 5.54. The van der Waals surface area contributed by atoms with E-state index in [2.05, 4.69) is 10.4 Å². The SMILES string of the molecule is Cc1ncc(C(Cc2cccc(Cl)c2)NN)s1. The molecule has 0 aliphatic heterocycles. The highest BCUT2D eigenvalue weighted by Crippen LogP contribution is 2.24. The topological polar surface area (TPSA) is 50.9 Å². The molecule has 0 spiro atoms. The van der Waals surface area contributed by atoms with Gasteiger partial charge in [0.1, 0.15) is 0 Å². The van der Waals surface area contributed by atoms with Crippen LogP contribution in [-0.4, -0.2) is 4.98 Å². The summed E-state index contributed by atoms with van der Waals surface area (Å²) in [6.07, 6.45) is 2.67. The van der Waals surface area contributed by atoms with Crippen molar-refractivity contribution in [3.8, 4) is 0 Å². The first-order chi connectivity index (χ1) is 8.19. The largest absolute Gasteiger partial charge is 0.271 e. The maximum atomic E-state index is 5.96. The predicted octanol–water partition coefficient (Wildman–Crippen LogP) is 2.85. The van der Waals surface area contributed by atoms with Crippen LogP contribution in [0.15, 0.2) is 30.5 Å². The van der Waals surface area contributed by atoms with E-state index in [0.29, 0.717) is 0 Å². The van der Waals surface area contributed by atoms with Crippen molar-refractivity contribution in [3.05, 3.63) is 50.9 Å². The van der Waals surface area contributed by atoms with Crippen molar-refractivity contribution in [2.75, 3.05) is 0 Å². The number of aryl methyl sites for hydroxylation is 1. The Morgan fingerprint density at radius 3 is 2.94 bits per heavy atom. The molecule has 3 nitrogen and oxygen atoms in total. The molecule has 5 heteroatoms. The van der Waals surface area contributed by atoms with E-state index >= 15 is 0 Å². The molecule has 0 radical (unpaired) electrons. The Bertz CT molecular complexity index is 498. The van der Waals surface area contributed by atoms with Crippen LogP contribution in [0, 0.1) is 6.92 Å². The molecule has 1 aromatic heterocycles. The fourth-order valence-corrected chi connectivity index (χ4v) is 2.74. The molecule has 3 N–H and O–H groups in total. The zero-order valence-corrected chi connectivity index (χ0v) is 11.1. The number of benzene rings is 1. The smallest absolute Gasteiger partial charge is 0.0897 e. The zero-order valence-electron chi connectivity index (χ0n) is 9.48. The number of hydrazine groups is 1. The van der Waals surface area contributed by atoms with Crippen LogP contribution in [0.3, 0.4) is 0 Å². The second-order valence-electron chi connectivity index (χ2n) is 3.83. The van der Waals surface area contributed by atoms with Crippen molar-refractivity contribution in [2.45, 2.75) is 19.4 Å². The molecule has 0 amide bonds. The van der Waals surface area contributed by atoms with Gasteiger partial charge in [0.05, 0.1) is 11.0 Å². The summed E-state index contributed by atoms with van der Waals surface area (Å²) in [7, 11) is 0. The van der Waals surface area contributed by atoms with Crippen molar-refractivity contribution in [3.63, 3.8) is 0 Å². The molecule has 1 unspecified atom stereocenters. The van der Waals surface area contributed by atoms with Crippen molar-refractivity contribution in [2.24, 2.45) is 5.84 Å². The summed E-state index contributed by atoms with van der Waals surface area (Å²) < 4.78 is 0. The van der Waals surface area contributed by atoms with Gasteiger partial charge >= 0.3 is 0 Å². The summed E-state index contributed by atoms with van der Waals surface area (Å²) in [6.45, 7) is 1.99. The number of thiazole rings is 1. The molecular weight excluding hydrogens is 254 g/mol. The lowest BCUT2D eigenvalue weighted by atomic mass is 10.1. The molecule has 2 rings (SSSR count). The summed E-state index contributed by atoms with van der Waals surface area (Å²) in [4.78, 5) is 5.39. The minimum absolute atomic E-state index is 0.0830. The first-order valence-corrected chi connectivity index (χ1v) is 6.51. The quantitative estimate of drug-likeness (QED) is 0.662. The number of nitrogens with one attached hydrogen (secondary N) is 1. The van der Waals surface area contributed by atoms with Crippen molar-refractivity contribution < 1.29 is 0 Å². The Morgan fingerprint density at radius 2 is 2.35 bits per heavy atom. The van der Waals surface area contributed by atoms with E-state index in [1.807, 2.05) is 37.4 Å². The van der Waals surface area contributed by atoms with E-state index in [9.17, 15) is 0 Å². The van der Waals surface area contributed by atoms with Gasteiger partial charge in [0.15, 0.2) is 0 Å². The third-order valence-corrected chi connectivity index (χ3v) is 3.77. The molecule has 1 aromatic carbocycles. The zero-order chi connectivity index (χ0) is 12.3. The monoisotopic (exact) mass is 267 g/mol. The molecule has 1 atom stereocenters. The number of hydrogen-bond acceptors (Lipinski definition) is 4. The van der Waals surface area contributed by atoms with Crippen LogP contribution >= 0.6 is 22.9 Å².